The van der Waals surface area contributed by atoms with Crippen LogP contribution in [-0.2, 0) is 0 Å². The molecule has 0 aliphatic rings. The fourth-order valence-corrected chi connectivity index (χ4v) is 0. The van der Waals surface area contributed by atoms with E-state index in [9.17, 15) is 51.8 Å². The van der Waals surface area contributed by atoms with Crippen LogP contribution in [-0.4, -0.2) is 57.6 Å². The summed E-state index contributed by atoms with van der Waals surface area (Å²) < 4.78 is 116. The molecule has 0 aliphatic carbocycles. The second kappa shape index (κ2) is 50.7. The summed E-state index contributed by atoms with van der Waals surface area (Å²) in [7, 11) is -14.7. The summed E-state index contributed by atoms with van der Waals surface area (Å²) in [5, 5.41) is 0. The predicted molar refractivity (Wildman–Crippen MR) is 54.4 cm³/mol. The van der Waals surface area contributed by atoms with Gasteiger partial charge in [0.2, 0.25) is 0 Å². The van der Waals surface area contributed by atoms with Gasteiger partial charge < -0.3 is 27.4 Å². The fraction of sp³-hybridized carbons (Fsp3) is 0. The maximum Gasteiger partial charge on any atom is 0.762 e. The first-order valence-corrected chi connectivity index (χ1v) is 2.62. The lowest BCUT2D eigenvalue weighted by Crippen LogP contribution is -1.76. The van der Waals surface area contributed by atoms with E-state index in [1.807, 2.05) is 0 Å². The highest BCUT2D eigenvalue weighted by atomic mass is 19.4. The molecule has 0 spiro atoms. The second-order valence-corrected chi connectivity index (χ2v) is 0.990. The molecule has 0 unspecified atom stereocenters. The molecule has 0 heterocycles. The Labute approximate surface area is 111 Å². The lowest BCUT2D eigenvalue weighted by atomic mass is 10.5. The van der Waals surface area contributed by atoms with E-state index in [1.54, 1.807) is 0 Å². The van der Waals surface area contributed by atoms with Gasteiger partial charge in [-0.15, -0.1) is 0 Å². The highest BCUT2D eigenvalue weighted by molar-refractivity contribution is 6.34. The third-order valence-electron chi connectivity index (χ3n) is 0. The summed E-state index contributed by atoms with van der Waals surface area (Å²) in [4.78, 5) is 0. The topological polar surface area (TPSA) is 158 Å². The molecular formula is H10B4F12O5. The average Bonchev–Trinajstić information content (AvgIpc) is 1.76. The van der Waals surface area contributed by atoms with Crippen molar-refractivity contribution in [1.29, 1.82) is 0 Å². The van der Waals surface area contributed by atoms with Crippen molar-refractivity contribution in [3.63, 3.8) is 0 Å². The van der Waals surface area contributed by atoms with E-state index in [-0.39, 0.29) is 27.4 Å². The van der Waals surface area contributed by atoms with Crippen LogP contribution < -0.4 is 0 Å². The molecular weight excluding hydrogens is 351 g/mol. The van der Waals surface area contributed by atoms with Crippen LogP contribution in [0.5, 0.6) is 0 Å². The Balaban J connectivity index is -0.0000000121. The Hall–Kier alpha value is -0.780. The van der Waals surface area contributed by atoms with E-state index >= 15 is 0 Å². The number of hydrogen-bond donors (Lipinski definition) is 0. The van der Waals surface area contributed by atoms with Gasteiger partial charge in [0.25, 0.3) is 0 Å². The Morgan fingerprint density at radius 3 is 0.238 bits per heavy atom. The van der Waals surface area contributed by atoms with Crippen LogP contribution in [0.4, 0.5) is 51.8 Å². The third kappa shape index (κ3) is 9360. The van der Waals surface area contributed by atoms with E-state index < -0.39 is 30.2 Å². The molecule has 0 bridgehead atoms. The van der Waals surface area contributed by atoms with Crippen LogP contribution in [0.25, 0.3) is 0 Å². The van der Waals surface area contributed by atoms with Crippen LogP contribution in [0.15, 0.2) is 0 Å². The van der Waals surface area contributed by atoms with Crippen molar-refractivity contribution in [1.82, 2.24) is 0 Å². The molecule has 10 N–H and O–H groups in total. The average molecular weight is 361 g/mol. The summed E-state index contributed by atoms with van der Waals surface area (Å²) >= 11 is 0. The molecule has 0 fully saturated rings. The largest absolute Gasteiger partial charge is 0.762 e. The Morgan fingerprint density at radius 2 is 0.238 bits per heavy atom. The van der Waals surface area contributed by atoms with Gasteiger partial charge in [0.15, 0.2) is 0 Å². The Bertz CT molecular complexity index is 72.6. The van der Waals surface area contributed by atoms with E-state index in [1.165, 1.54) is 0 Å². The number of halogens is 12. The number of rotatable bonds is 0. The van der Waals surface area contributed by atoms with E-state index in [0.29, 0.717) is 0 Å². The predicted octanol–water partition coefficient (Wildman–Crippen LogP) is -0.604. The van der Waals surface area contributed by atoms with Crippen LogP contribution in [0.3, 0.4) is 0 Å². The van der Waals surface area contributed by atoms with Crippen molar-refractivity contribution in [3.05, 3.63) is 0 Å². The van der Waals surface area contributed by atoms with E-state index in [0.717, 1.165) is 0 Å². The quantitative estimate of drug-likeness (QED) is 0.399. The highest BCUT2D eigenvalue weighted by Gasteiger charge is 2.07. The molecule has 0 aliphatic heterocycles. The minimum absolute atomic E-state index is 0. The standard InChI is InChI=1S/4BF3.5H2O/c4*2-1(3)4;;;;;/h;;;;5*1H2. The van der Waals surface area contributed by atoms with Crippen molar-refractivity contribution in [2.75, 3.05) is 0 Å². The minimum Gasteiger partial charge on any atom is -0.412 e. The normalized spacial score (nSPS) is 5.14. The smallest absolute Gasteiger partial charge is 0.412 e. The molecule has 0 saturated heterocycles. The fourth-order valence-electron chi connectivity index (χ4n) is 0. The van der Waals surface area contributed by atoms with Crippen molar-refractivity contribution in [2.24, 2.45) is 0 Å². The summed E-state index contributed by atoms with van der Waals surface area (Å²) in [5.74, 6) is 0. The van der Waals surface area contributed by atoms with Gasteiger partial charge in [0.1, 0.15) is 0 Å². The van der Waals surface area contributed by atoms with Crippen LogP contribution in [0.2, 0.25) is 0 Å². The van der Waals surface area contributed by atoms with Crippen LogP contribution in [0.1, 0.15) is 0 Å². The van der Waals surface area contributed by atoms with Crippen molar-refractivity contribution in [2.45, 2.75) is 0 Å². The molecule has 0 rings (SSSR count). The van der Waals surface area contributed by atoms with Crippen molar-refractivity contribution >= 4 is 30.2 Å². The lowest BCUT2D eigenvalue weighted by Gasteiger charge is -1.55. The first-order chi connectivity index (χ1) is 6.93. The summed E-state index contributed by atoms with van der Waals surface area (Å²) in [6.07, 6.45) is 0. The zero-order valence-electron chi connectivity index (χ0n) is 9.34. The van der Waals surface area contributed by atoms with Gasteiger partial charge in [-0.05, 0) is 0 Å². The van der Waals surface area contributed by atoms with Crippen molar-refractivity contribution in [3.8, 4) is 0 Å². The molecule has 0 aromatic heterocycles. The zero-order chi connectivity index (χ0) is 14.3. The Morgan fingerprint density at radius 1 is 0.238 bits per heavy atom. The SMILES string of the molecule is FB(F)F.FB(F)F.FB(F)F.FB(F)F.O.O.O.O.O. The number of hydrogen-bond acceptors (Lipinski definition) is 0. The zero-order valence-corrected chi connectivity index (χ0v) is 9.34. The molecule has 5 nitrogen and oxygen atoms in total. The van der Waals surface area contributed by atoms with Crippen molar-refractivity contribution < 1.29 is 79.2 Å². The Kier molecular flexibility index (Phi) is 143. The minimum atomic E-state index is -3.67. The third-order valence-corrected chi connectivity index (χ3v) is 0. The van der Waals surface area contributed by atoms with Gasteiger partial charge in [0, 0.05) is 0 Å². The highest BCUT2D eigenvalue weighted by Crippen LogP contribution is 1.81. The first kappa shape index (κ1) is 59.3. The lowest BCUT2D eigenvalue weighted by molar-refractivity contribution is 0.533. The van der Waals surface area contributed by atoms with Gasteiger partial charge in [-0.1, -0.05) is 0 Å². The molecule has 0 radical (unpaired) electrons. The van der Waals surface area contributed by atoms with Crippen LogP contribution in [0, 0.1) is 0 Å². The van der Waals surface area contributed by atoms with Gasteiger partial charge >= 0.3 is 30.2 Å². The first-order valence-electron chi connectivity index (χ1n) is 2.62. The van der Waals surface area contributed by atoms with Gasteiger partial charge in [-0.3, -0.25) is 51.8 Å². The maximum atomic E-state index is 9.67. The molecule has 136 valence electrons. The monoisotopic (exact) mass is 362 g/mol. The molecule has 0 amide bonds. The summed E-state index contributed by atoms with van der Waals surface area (Å²) in [5.41, 5.74) is 0. The maximum absolute atomic E-state index is 9.67. The summed E-state index contributed by atoms with van der Waals surface area (Å²) in [6.45, 7) is 0. The van der Waals surface area contributed by atoms with Gasteiger partial charge in [-0.2, -0.15) is 0 Å². The molecule has 0 atom stereocenters. The molecule has 0 aromatic carbocycles. The van der Waals surface area contributed by atoms with Gasteiger partial charge in [-0.25, -0.2) is 0 Å². The molecule has 0 saturated carbocycles. The second-order valence-electron chi connectivity index (χ2n) is 0.990. The molecule has 21 heavy (non-hydrogen) atoms. The van der Waals surface area contributed by atoms with Gasteiger partial charge in [0.05, 0.1) is 0 Å². The van der Waals surface area contributed by atoms with Crippen LogP contribution >= 0.6 is 0 Å². The van der Waals surface area contributed by atoms with E-state index in [2.05, 4.69) is 0 Å². The molecule has 21 heteroatoms. The summed E-state index contributed by atoms with van der Waals surface area (Å²) in [6, 6.07) is 0. The van der Waals surface area contributed by atoms with E-state index in [4.69, 9.17) is 0 Å². The molecule has 0 aromatic rings.